The molecular formula is C14H20N2S. The molecule has 0 amide bonds. The van der Waals surface area contributed by atoms with Crippen LogP contribution in [0.4, 0.5) is 0 Å². The molecule has 1 aromatic rings. The van der Waals surface area contributed by atoms with Gasteiger partial charge < -0.3 is 11.1 Å². The van der Waals surface area contributed by atoms with Crippen LogP contribution in [-0.2, 0) is 0 Å². The predicted molar refractivity (Wildman–Crippen MR) is 76.9 cm³/mol. The fourth-order valence-corrected chi connectivity index (χ4v) is 2.19. The summed E-state index contributed by atoms with van der Waals surface area (Å²) < 4.78 is 0. The Morgan fingerprint density at radius 1 is 1.35 bits per heavy atom. The highest BCUT2D eigenvalue weighted by Crippen LogP contribution is 2.25. The standard InChI is InChI=1S/C14H20N2S/c1-3-8-12(11-16-4-2)14(15)17-13-9-6-5-7-10-13/h3,5-10,16H,4,11,15H2,1-2H3/b8-3-,14-12-. The highest BCUT2D eigenvalue weighted by atomic mass is 32.2. The minimum Gasteiger partial charge on any atom is -0.393 e. The molecular weight excluding hydrogens is 228 g/mol. The molecule has 0 saturated heterocycles. The van der Waals surface area contributed by atoms with Crippen LogP contribution in [0.25, 0.3) is 0 Å². The van der Waals surface area contributed by atoms with Crippen molar-refractivity contribution in [3.63, 3.8) is 0 Å². The van der Waals surface area contributed by atoms with E-state index in [4.69, 9.17) is 5.73 Å². The summed E-state index contributed by atoms with van der Waals surface area (Å²) in [4.78, 5) is 1.17. The Morgan fingerprint density at radius 3 is 2.65 bits per heavy atom. The Kier molecular flexibility index (Phi) is 6.51. The quantitative estimate of drug-likeness (QED) is 0.600. The normalized spacial score (nSPS) is 12.8. The van der Waals surface area contributed by atoms with Crippen molar-refractivity contribution >= 4 is 11.8 Å². The van der Waals surface area contributed by atoms with Crippen LogP contribution in [0, 0.1) is 0 Å². The second kappa shape index (κ2) is 7.98. The molecule has 0 aliphatic heterocycles. The number of rotatable bonds is 6. The lowest BCUT2D eigenvalue weighted by molar-refractivity contribution is 0.782. The first-order valence-electron chi connectivity index (χ1n) is 5.82. The van der Waals surface area contributed by atoms with Crippen molar-refractivity contribution in [1.82, 2.24) is 5.32 Å². The van der Waals surface area contributed by atoms with Gasteiger partial charge in [-0.1, -0.05) is 49.0 Å². The van der Waals surface area contributed by atoms with E-state index < -0.39 is 0 Å². The molecule has 0 fully saturated rings. The predicted octanol–water partition coefficient (Wildman–Crippen LogP) is 3.13. The molecule has 0 aliphatic rings. The maximum absolute atomic E-state index is 6.13. The third-order valence-electron chi connectivity index (χ3n) is 2.22. The number of nitrogens with two attached hydrogens (primary N) is 1. The molecule has 0 heterocycles. The molecule has 2 nitrogen and oxygen atoms in total. The number of benzene rings is 1. The third kappa shape index (κ3) is 5.11. The fourth-order valence-electron chi connectivity index (χ4n) is 1.37. The van der Waals surface area contributed by atoms with Gasteiger partial charge in [0, 0.05) is 11.4 Å². The number of allylic oxidation sites excluding steroid dienone is 1. The smallest absolute Gasteiger partial charge is 0.0749 e. The van der Waals surface area contributed by atoms with Crippen LogP contribution >= 0.6 is 11.8 Å². The molecule has 17 heavy (non-hydrogen) atoms. The Morgan fingerprint density at radius 2 is 2.06 bits per heavy atom. The van der Waals surface area contributed by atoms with Crippen molar-refractivity contribution in [2.24, 2.45) is 5.73 Å². The molecule has 0 bridgehead atoms. The van der Waals surface area contributed by atoms with E-state index in [2.05, 4.69) is 30.4 Å². The van der Waals surface area contributed by atoms with Crippen LogP contribution in [0.1, 0.15) is 13.8 Å². The average molecular weight is 248 g/mol. The molecule has 3 N–H and O–H groups in total. The van der Waals surface area contributed by atoms with Crippen molar-refractivity contribution in [2.75, 3.05) is 13.1 Å². The fraction of sp³-hybridized carbons (Fsp3) is 0.286. The minimum atomic E-state index is 0.812. The molecule has 92 valence electrons. The van der Waals surface area contributed by atoms with E-state index in [9.17, 15) is 0 Å². The highest BCUT2D eigenvalue weighted by Gasteiger charge is 2.02. The van der Waals surface area contributed by atoms with Gasteiger partial charge >= 0.3 is 0 Å². The van der Waals surface area contributed by atoms with Gasteiger partial charge in [-0.2, -0.15) is 0 Å². The molecule has 3 heteroatoms. The lowest BCUT2D eigenvalue weighted by atomic mass is 10.2. The number of hydrogen-bond donors (Lipinski definition) is 2. The SMILES string of the molecule is C/C=C\C(CNCC)=C(/N)Sc1ccccc1. The molecule has 0 spiro atoms. The first kappa shape index (κ1) is 13.9. The van der Waals surface area contributed by atoms with Gasteiger partial charge in [0.25, 0.3) is 0 Å². The second-order valence-corrected chi connectivity index (χ2v) is 4.70. The van der Waals surface area contributed by atoms with Crippen LogP contribution in [0.3, 0.4) is 0 Å². The summed E-state index contributed by atoms with van der Waals surface area (Å²) in [7, 11) is 0. The summed E-state index contributed by atoms with van der Waals surface area (Å²) in [5.41, 5.74) is 7.27. The van der Waals surface area contributed by atoms with Crippen molar-refractivity contribution in [1.29, 1.82) is 0 Å². The number of likely N-dealkylation sites (N-methyl/N-ethyl adjacent to an activating group) is 1. The molecule has 0 radical (unpaired) electrons. The molecule has 0 atom stereocenters. The van der Waals surface area contributed by atoms with Crippen LogP contribution in [0.5, 0.6) is 0 Å². The Bertz CT molecular complexity index is 382. The maximum atomic E-state index is 6.13. The zero-order valence-corrected chi connectivity index (χ0v) is 11.3. The first-order chi connectivity index (χ1) is 8.27. The first-order valence-corrected chi connectivity index (χ1v) is 6.64. The van der Waals surface area contributed by atoms with E-state index >= 15 is 0 Å². The molecule has 0 aliphatic carbocycles. The summed E-state index contributed by atoms with van der Waals surface area (Å²) in [6, 6.07) is 10.2. The Balaban J connectivity index is 2.76. The highest BCUT2D eigenvalue weighted by molar-refractivity contribution is 8.03. The van der Waals surface area contributed by atoms with Gasteiger partial charge in [-0.3, -0.25) is 0 Å². The lowest BCUT2D eigenvalue weighted by Crippen LogP contribution is -2.17. The largest absolute Gasteiger partial charge is 0.393 e. The second-order valence-electron chi connectivity index (χ2n) is 3.58. The monoisotopic (exact) mass is 248 g/mol. The Hall–Kier alpha value is -1.19. The van der Waals surface area contributed by atoms with E-state index in [1.807, 2.05) is 31.2 Å². The number of hydrogen-bond acceptors (Lipinski definition) is 3. The van der Waals surface area contributed by atoms with Crippen LogP contribution in [0.2, 0.25) is 0 Å². The summed E-state index contributed by atoms with van der Waals surface area (Å²) in [5, 5.41) is 4.15. The number of thioether (sulfide) groups is 1. The van der Waals surface area contributed by atoms with Crippen molar-refractivity contribution in [3.8, 4) is 0 Å². The zero-order chi connectivity index (χ0) is 12.5. The molecule has 1 aromatic carbocycles. The summed E-state index contributed by atoms with van der Waals surface area (Å²) >= 11 is 1.61. The van der Waals surface area contributed by atoms with E-state index in [1.165, 1.54) is 4.90 Å². The summed E-state index contributed by atoms with van der Waals surface area (Å²) in [6.07, 6.45) is 4.08. The minimum absolute atomic E-state index is 0.812. The molecule has 0 unspecified atom stereocenters. The van der Waals surface area contributed by atoms with Crippen LogP contribution in [0.15, 0.2) is 58.0 Å². The van der Waals surface area contributed by atoms with Crippen molar-refractivity contribution < 1.29 is 0 Å². The van der Waals surface area contributed by atoms with Crippen molar-refractivity contribution in [3.05, 3.63) is 53.1 Å². The topological polar surface area (TPSA) is 38.0 Å². The lowest BCUT2D eigenvalue weighted by Gasteiger charge is -2.08. The molecule has 1 rings (SSSR count). The average Bonchev–Trinajstić information content (AvgIpc) is 2.35. The van der Waals surface area contributed by atoms with Gasteiger partial charge in [-0.05, 0) is 31.2 Å². The van der Waals surface area contributed by atoms with Gasteiger partial charge in [-0.25, -0.2) is 0 Å². The van der Waals surface area contributed by atoms with E-state index in [0.717, 1.165) is 23.7 Å². The molecule has 0 saturated carbocycles. The molecule has 0 aromatic heterocycles. The van der Waals surface area contributed by atoms with E-state index in [0.29, 0.717) is 0 Å². The van der Waals surface area contributed by atoms with E-state index in [1.54, 1.807) is 11.8 Å². The van der Waals surface area contributed by atoms with Crippen LogP contribution < -0.4 is 11.1 Å². The Labute approximate surface area is 108 Å². The van der Waals surface area contributed by atoms with Gasteiger partial charge in [0.05, 0.1) is 5.03 Å². The maximum Gasteiger partial charge on any atom is 0.0749 e. The van der Waals surface area contributed by atoms with Gasteiger partial charge in [-0.15, -0.1) is 0 Å². The third-order valence-corrected chi connectivity index (χ3v) is 3.21. The zero-order valence-electron chi connectivity index (χ0n) is 10.4. The summed E-state index contributed by atoms with van der Waals surface area (Å²) in [5.74, 6) is 0. The summed E-state index contributed by atoms with van der Waals surface area (Å²) in [6.45, 7) is 5.86. The van der Waals surface area contributed by atoms with Crippen molar-refractivity contribution in [2.45, 2.75) is 18.7 Å². The van der Waals surface area contributed by atoms with E-state index in [-0.39, 0.29) is 0 Å². The van der Waals surface area contributed by atoms with Gasteiger partial charge in [0.2, 0.25) is 0 Å². The van der Waals surface area contributed by atoms with Crippen LogP contribution in [-0.4, -0.2) is 13.1 Å². The van der Waals surface area contributed by atoms with Gasteiger partial charge in [0.1, 0.15) is 0 Å². The van der Waals surface area contributed by atoms with Gasteiger partial charge in [0.15, 0.2) is 0 Å². The number of nitrogens with one attached hydrogen (secondary N) is 1.